The molecule has 0 spiro atoms. The Morgan fingerprint density at radius 3 is 2.46 bits per heavy atom. The van der Waals surface area contributed by atoms with Gasteiger partial charge < -0.3 is 15.0 Å². The van der Waals surface area contributed by atoms with Crippen molar-refractivity contribution in [3.8, 4) is 0 Å². The normalized spacial score (nSPS) is 18.0. The maximum Gasteiger partial charge on any atom is 0.161 e. The van der Waals surface area contributed by atoms with Gasteiger partial charge in [-0.3, -0.25) is 5.10 Å². The van der Waals surface area contributed by atoms with Gasteiger partial charge in [-0.05, 0) is 73.9 Å². The number of hydrogen-bond donors (Lipinski definition) is 2. The minimum Gasteiger partial charge on any atom is -0.372 e. The summed E-state index contributed by atoms with van der Waals surface area (Å²) in [5.41, 5.74) is 4.25. The summed E-state index contributed by atoms with van der Waals surface area (Å²) >= 11 is 0. The van der Waals surface area contributed by atoms with Gasteiger partial charge in [0, 0.05) is 35.6 Å². The van der Waals surface area contributed by atoms with Gasteiger partial charge in [-0.2, -0.15) is 5.10 Å². The van der Waals surface area contributed by atoms with Crippen LogP contribution in [0.25, 0.3) is 21.8 Å². The first-order valence-corrected chi connectivity index (χ1v) is 12.3. The van der Waals surface area contributed by atoms with Crippen LogP contribution < -0.4 is 10.2 Å². The van der Waals surface area contributed by atoms with Gasteiger partial charge in [0.05, 0.1) is 23.2 Å². The Balaban J connectivity index is 1.29. The summed E-state index contributed by atoms with van der Waals surface area (Å²) in [6.07, 6.45) is 2.27. The lowest BCUT2D eigenvalue weighted by Gasteiger charge is -2.36. The van der Waals surface area contributed by atoms with Crippen molar-refractivity contribution in [3.63, 3.8) is 0 Å². The second kappa shape index (κ2) is 9.40. The van der Waals surface area contributed by atoms with Gasteiger partial charge in [0.15, 0.2) is 5.82 Å². The number of aromatic amines is 1. The summed E-state index contributed by atoms with van der Waals surface area (Å²) in [7, 11) is 0. The molecule has 0 aliphatic carbocycles. The topological polar surface area (TPSA) is 79.0 Å². The Morgan fingerprint density at radius 2 is 1.68 bits per heavy atom. The lowest BCUT2D eigenvalue weighted by Crippen LogP contribution is -2.45. The zero-order valence-electron chi connectivity index (χ0n) is 20.5. The number of halogens is 2. The Hall–Kier alpha value is -4.11. The smallest absolute Gasteiger partial charge is 0.161 e. The molecule has 0 saturated carbocycles. The minimum atomic E-state index is -0.585. The third-order valence-corrected chi connectivity index (χ3v) is 6.60. The molecule has 6 rings (SSSR count). The van der Waals surface area contributed by atoms with E-state index in [1.807, 2.05) is 24.3 Å². The van der Waals surface area contributed by atoms with E-state index >= 15 is 0 Å². The van der Waals surface area contributed by atoms with Crippen LogP contribution in [-0.4, -0.2) is 45.5 Å². The van der Waals surface area contributed by atoms with Gasteiger partial charge in [0.2, 0.25) is 0 Å². The fraction of sp³-hybridized carbons (Fsp3) is 0.250. The van der Waals surface area contributed by atoms with Crippen molar-refractivity contribution in [2.75, 3.05) is 23.3 Å². The molecule has 37 heavy (non-hydrogen) atoms. The van der Waals surface area contributed by atoms with Crippen LogP contribution in [0.4, 0.5) is 26.1 Å². The van der Waals surface area contributed by atoms with E-state index in [2.05, 4.69) is 56.4 Å². The SMILES string of the molecule is C[C@@H]1CN(c2ccc3c(Nc4n[nH]c5ccc(Cc6cc(F)cc(F)c6)cc45)ncnc3c2)C[C@H](C)O1. The molecule has 1 saturated heterocycles. The maximum absolute atomic E-state index is 13.6. The van der Waals surface area contributed by atoms with Crippen LogP contribution in [0.3, 0.4) is 0 Å². The van der Waals surface area contributed by atoms with E-state index in [9.17, 15) is 8.78 Å². The molecule has 0 amide bonds. The average Bonchev–Trinajstić information content (AvgIpc) is 3.24. The highest BCUT2D eigenvalue weighted by molar-refractivity contribution is 5.97. The summed E-state index contributed by atoms with van der Waals surface area (Å²) in [4.78, 5) is 11.3. The monoisotopic (exact) mass is 500 g/mol. The first kappa shape index (κ1) is 23.3. The Kier molecular flexibility index (Phi) is 5.92. The molecule has 3 heterocycles. The summed E-state index contributed by atoms with van der Waals surface area (Å²) in [5.74, 6) is 0.0878. The number of fused-ring (bicyclic) bond motifs is 2. The molecule has 2 N–H and O–H groups in total. The van der Waals surface area contributed by atoms with Gasteiger partial charge in [-0.1, -0.05) is 6.07 Å². The zero-order valence-corrected chi connectivity index (χ0v) is 20.5. The summed E-state index contributed by atoms with van der Waals surface area (Å²) in [5, 5.41) is 12.6. The third kappa shape index (κ3) is 4.82. The molecule has 1 aliphatic heterocycles. The van der Waals surface area contributed by atoms with Crippen LogP contribution in [0.5, 0.6) is 0 Å². The van der Waals surface area contributed by atoms with Gasteiger partial charge >= 0.3 is 0 Å². The van der Waals surface area contributed by atoms with Crippen LogP contribution in [0.2, 0.25) is 0 Å². The Labute approximate surface area is 212 Å². The molecule has 3 aromatic carbocycles. The van der Waals surface area contributed by atoms with Crippen molar-refractivity contribution >= 4 is 39.1 Å². The highest BCUT2D eigenvalue weighted by Crippen LogP contribution is 2.30. The maximum atomic E-state index is 13.6. The number of nitrogens with one attached hydrogen (secondary N) is 2. The van der Waals surface area contributed by atoms with E-state index in [0.29, 0.717) is 23.6 Å². The molecule has 7 nitrogen and oxygen atoms in total. The molecule has 2 aromatic heterocycles. The fourth-order valence-electron chi connectivity index (χ4n) is 5.06. The number of morpholine rings is 1. The van der Waals surface area contributed by atoms with Crippen molar-refractivity contribution in [1.82, 2.24) is 20.2 Å². The third-order valence-electron chi connectivity index (χ3n) is 6.60. The number of benzene rings is 3. The Bertz CT molecular complexity index is 1570. The van der Waals surface area contributed by atoms with Crippen molar-refractivity contribution in [3.05, 3.63) is 83.7 Å². The molecule has 1 fully saturated rings. The summed E-state index contributed by atoms with van der Waals surface area (Å²) in [6.45, 7) is 5.83. The first-order chi connectivity index (χ1) is 17.9. The van der Waals surface area contributed by atoms with E-state index in [4.69, 9.17) is 4.74 Å². The number of aromatic nitrogens is 4. The van der Waals surface area contributed by atoms with Crippen LogP contribution in [0, 0.1) is 11.6 Å². The van der Waals surface area contributed by atoms with Crippen LogP contribution in [0.1, 0.15) is 25.0 Å². The predicted molar refractivity (Wildman–Crippen MR) is 140 cm³/mol. The highest BCUT2D eigenvalue weighted by atomic mass is 19.1. The molecule has 0 radical (unpaired) electrons. The summed E-state index contributed by atoms with van der Waals surface area (Å²) in [6, 6.07) is 15.6. The van der Waals surface area contributed by atoms with Gasteiger partial charge in [0.1, 0.15) is 23.8 Å². The number of hydrogen-bond acceptors (Lipinski definition) is 6. The molecule has 9 heteroatoms. The van der Waals surface area contributed by atoms with Crippen LogP contribution in [-0.2, 0) is 11.2 Å². The van der Waals surface area contributed by atoms with E-state index in [0.717, 1.165) is 52.2 Å². The molecule has 0 unspecified atom stereocenters. The van der Waals surface area contributed by atoms with Gasteiger partial charge in [-0.25, -0.2) is 18.7 Å². The molecule has 2 atom stereocenters. The Morgan fingerprint density at radius 1 is 0.892 bits per heavy atom. The molecular formula is C28H26F2N6O. The second-order valence-electron chi connectivity index (χ2n) is 9.62. The standard InChI is InChI=1S/C28H26F2N6O/c1-16-13-36(14-17(2)37-16)22-4-5-23-26(12-22)31-15-32-27(23)33-28-24-10-18(3-6-25(24)34-35-28)7-19-8-20(29)11-21(30)9-19/h3-6,8-12,15-17H,7,13-14H2,1-2H3,(H2,31,32,33,34,35)/t16-,17+. The van der Waals surface area contributed by atoms with Crippen LogP contribution in [0.15, 0.2) is 60.9 Å². The molecule has 188 valence electrons. The van der Waals surface area contributed by atoms with E-state index in [1.54, 1.807) is 0 Å². The quantitative estimate of drug-likeness (QED) is 0.321. The first-order valence-electron chi connectivity index (χ1n) is 12.3. The van der Waals surface area contributed by atoms with Crippen molar-refractivity contribution < 1.29 is 13.5 Å². The number of nitrogens with zero attached hydrogens (tertiary/aromatic N) is 4. The van der Waals surface area contributed by atoms with Crippen molar-refractivity contribution in [2.45, 2.75) is 32.5 Å². The van der Waals surface area contributed by atoms with E-state index < -0.39 is 11.6 Å². The van der Waals surface area contributed by atoms with Crippen molar-refractivity contribution in [2.24, 2.45) is 0 Å². The number of ether oxygens (including phenoxy) is 1. The fourth-order valence-corrected chi connectivity index (χ4v) is 5.06. The molecular weight excluding hydrogens is 474 g/mol. The molecule has 1 aliphatic rings. The average molecular weight is 501 g/mol. The number of rotatable bonds is 5. The molecule has 5 aromatic rings. The second-order valence-corrected chi connectivity index (χ2v) is 9.62. The zero-order chi connectivity index (χ0) is 25.5. The molecule has 0 bridgehead atoms. The minimum absolute atomic E-state index is 0.167. The van der Waals surface area contributed by atoms with Crippen molar-refractivity contribution in [1.29, 1.82) is 0 Å². The predicted octanol–water partition coefficient (Wildman–Crippen LogP) is 5.73. The van der Waals surface area contributed by atoms with Crippen LogP contribution >= 0.6 is 0 Å². The van der Waals surface area contributed by atoms with Gasteiger partial charge in [-0.15, -0.1) is 0 Å². The largest absolute Gasteiger partial charge is 0.372 e. The summed E-state index contributed by atoms with van der Waals surface area (Å²) < 4.78 is 33.2. The van der Waals surface area contributed by atoms with Gasteiger partial charge in [0.25, 0.3) is 0 Å². The lowest BCUT2D eigenvalue weighted by molar-refractivity contribution is -0.00521. The van der Waals surface area contributed by atoms with E-state index in [1.165, 1.54) is 18.5 Å². The highest BCUT2D eigenvalue weighted by Gasteiger charge is 2.23. The number of H-pyrrole nitrogens is 1. The lowest BCUT2D eigenvalue weighted by atomic mass is 10.0. The van der Waals surface area contributed by atoms with E-state index in [-0.39, 0.29) is 12.2 Å². The number of anilines is 3.